The van der Waals surface area contributed by atoms with Gasteiger partial charge in [0, 0.05) is 33.4 Å². The van der Waals surface area contributed by atoms with Gasteiger partial charge in [0.1, 0.15) is 0 Å². The van der Waals surface area contributed by atoms with Crippen molar-refractivity contribution >= 4 is 49.6 Å². The van der Waals surface area contributed by atoms with Gasteiger partial charge in [0.15, 0.2) is 0 Å². The molecule has 0 N–H and O–H groups in total. The molecule has 0 aliphatic carbocycles. The smallest absolute Gasteiger partial charge is 0.0547 e. The predicted octanol–water partition coefficient (Wildman–Crippen LogP) is 12.7. The van der Waals surface area contributed by atoms with Crippen LogP contribution in [0.25, 0.3) is 60.5 Å². The fourth-order valence-electron chi connectivity index (χ4n) is 7.27. The molecule has 226 valence electrons. The van der Waals surface area contributed by atoms with Gasteiger partial charge >= 0.3 is 0 Å². The monoisotopic (exact) mass is 612 g/mol. The Morgan fingerprint density at radius 1 is 0.375 bits per heavy atom. The van der Waals surface area contributed by atoms with Crippen molar-refractivity contribution in [1.29, 1.82) is 0 Å². The molecule has 0 saturated carbocycles. The summed E-state index contributed by atoms with van der Waals surface area (Å²) in [6, 6.07) is 69.8. The number of nitrogens with zero attached hydrogens (tertiary/aromatic N) is 2. The molecule has 0 spiro atoms. The minimum absolute atomic E-state index is 1.11. The molecule has 9 rings (SSSR count). The van der Waals surface area contributed by atoms with Gasteiger partial charge in [-0.2, -0.15) is 0 Å². The van der Waals surface area contributed by atoms with Crippen molar-refractivity contribution in [3.05, 3.63) is 194 Å². The number of hydrogen-bond acceptors (Lipinski definition) is 1. The zero-order valence-corrected chi connectivity index (χ0v) is 26.4. The van der Waals surface area contributed by atoms with Gasteiger partial charge < -0.3 is 9.47 Å². The molecule has 0 atom stereocenters. The number of hydrogen-bond donors (Lipinski definition) is 0. The van der Waals surface area contributed by atoms with Crippen molar-refractivity contribution in [2.75, 3.05) is 4.90 Å². The van der Waals surface area contributed by atoms with E-state index >= 15 is 0 Å². The molecule has 0 fully saturated rings. The van der Waals surface area contributed by atoms with Gasteiger partial charge in [-0.25, -0.2) is 0 Å². The Hall–Kier alpha value is -6.38. The average Bonchev–Trinajstić information content (AvgIpc) is 3.52. The maximum atomic E-state index is 2.41. The van der Waals surface area contributed by atoms with Crippen LogP contribution in [0.2, 0.25) is 0 Å². The van der Waals surface area contributed by atoms with E-state index in [4.69, 9.17) is 0 Å². The van der Waals surface area contributed by atoms with Crippen LogP contribution in [0.15, 0.2) is 194 Å². The number of para-hydroxylation sites is 3. The second-order valence-corrected chi connectivity index (χ2v) is 12.2. The average molecular weight is 613 g/mol. The molecule has 0 unspecified atom stereocenters. The van der Waals surface area contributed by atoms with Crippen molar-refractivity contribution in [2.24, 2.45) is 0 Å². The summed E-state index contributed by atoms with van der Waals surface area (Å²) < 4.78 is 2.41. The number of aromatic nitrogens is 1. The van der Waals surface area contributed by atoms with Gasteiger partial charge in [0.25, 0.3) is 0 Å². The van der Waals surface area contributed by atoms with Crippen molar-refractivity contribution in [3.8, 4) is 27.9 Å². The van der Waals surface area contributed by atoms with Crippen molar-refractivity contribution < 1.29 is 0 Å². The van der Waals surface area contributed by atoms with Crippen molar-refractivity contribution in [1.82, 2.24) is 4.57 Å². The fraction of sp³-hybridized carbons (Fsp3) is 0. The summed E-state index contributed by atoms with van der Waals surface area (Å²) in [4.78, 5) is 2.38. The van der Waals surface area contributed by atoms with Crippen LogP contribution in [0.4, 0.5) is 17.1 Å². The van der Waals surface area contributed by atoms with E-state index in [2.05, 4.69) is 204 Å². The Bertz CT molecular complexity index is 2550. The summed E-state index contributed by atoms with van der Waals surface area (Å²) in [5.41, 5.74) is 11.7. The third kappa shape index (κ3) is 4.66. The first-order valence-corrected chi connectivity index (χ1v) is 16.5. The molecule has 2 heteroatoms. The maximum absolute atomic E-state index is 2.41. The molecule has 0 aliphatic rings. The molecule has 0 aliphatic heterocycles. The Morgan fingerprint density at radius 2 is 0.979 bits per heavy atom. The van der Waals surface area contributed by atoms with Crippen LogP contribution in [-0.4, -0.2) is 4.57 Å². The van der Waals surface area contributed by atoms with Crippen LogP contribution in [0.1, 0.15) is 0 Å². The third-order valence-corrected chi connectivity index (χ3v) is 9.36. The maximum Gasteiger partial charge on any atom is 0.0547 e. The lowest BCUT2D eigenvalue weighted by atomic mass is 9.96. The lowest BCUT2D eigenvalue weighted by Gasteiger charge is -2.28. The summed E-state index contributed by atoms with van der Waals surface area (Å²) >= 11 is 0. The summed E-state index contributed by atoms with van der Waals surface area (Å²) in [5, 5.41) is 5.05. The third-order valence-electron chi connectivity index (χ3n) is 9.36. The Kier molecular flexibility index (Phi) is 6.84. The lowest BCUT2D eigenvalue weighted by Crippen LogP contribution is -2.11. The van der Waals surface area contributed by atoms with Gasteiger partial charge in [-0.3, -0.25) is 0 Å². The number of anilines is 3. The molecule has 48 heavy (non-hydrogen) atoms. The first kappa shape index (κ1) is 27.9. The van der Waals surface area contributed by atoms with Gasteiger partial charge in [-0.15, -0.1) is 0 Å². The number of benzene rings is 8. The van der Waals surface area contributed by atoms with Crippen LogP contribution in [0.3, 0.4) is 0 Å². The van der Waals surface area contributed by atoms with Gasteiger partial charge in [-0.1, -0.05) is 140 Å². The molecule has 0 radical (unpaired) electrons. The van der Waals surface area contributed by atoms with E-state index in [1.54, 1.807) is 0 Å². The molecule has 0 amide bonds. The highest BCUT2D eigenvalue weighted by Gasteiger charge is 2.20. The predicted molar refractivity (Wildman–Crippen MR) is 204 cm³/mol. The summed E-state index contributed by atoms with van der Waals surface area (Å²) in [6.07, 6.45) is 0. The Labute approximate surface area is 280 Å². The summed E-state index contributed by atoms with van der Waals surface area (Å²) in [6.45, 7) is 0. The molecule has 1 aromatic heterocycles. The molecule has 2 nitrogen and oxygen atoms in total. The molecule has 1 heterocycles. The van der Waals surface area contributed by atoms with Crippen LogP contribution < -0.4 is 4.90 Å². The Morgan fingerprint density at radius 3 is 1.81 bits per heavy atom. The van der Waals surface area contributed by atoms with Crippen LogP contribution in [-0.2, 0) is 0 Å². The second kappa shape index (κ2) is 11.8. The zero-order chi connectivity index (χ0) is 31.9. The lowest BCUT2D eigenvalue weighted by molar-refractivity contribution is 1.18. The minimum Gasteiger partial charge on any atom is -0.310 e. The van der Waals surface area contributed by atoms with Gasteiger partial charge in [-0.05, 0) is 82.1 Å². The normalized spacial score (nSPS) is 11.3. The van der Waals surface area contributed by atoms with Crippen LogP contribution >= 0.6 is 0 Å². The van der Waals surface area contributed by atoms with E-state index in [1.807, 2.05) is 0 Å². The molecular weight excluding hydrogens is 581 g/mol. The molecule has 8 aromatic carbocycles. The van der Waals surface area contributed by atoms with Crippen LogP contribution in [0.5, 0.6) is 0 Å². The highest BCUT2D eigenvalue weighted by molar-refractivity contribution is 6.25. The molecule has 0 bridgehead atoms. The number of rotatable bonds is 6. The van der Waals surface area contributed by atoms with E-state index in [0.29, 0.717) is 0 Å². The van der Waals surface area contributed by atoms with E-state index in [-0.39, 0.29) is 0 Å². The molecule has 9 aromatic rings. The number of fused-ring (bicyclic) bond motifs is 5. The fourth-order valence-corrected chi connectivity index (χ4v) is 7.27. The largest absolute Gasteiger partial charge is 0.310 e. The molecular formula is C46H32N2. The van der Waals surface area contributed by atoms with E-state index in [0.717, 1.165) is 22.7 Å². The van der Waals surface area contributed by atoms with Crippen LogP contribution in [0, 0.1) is 0 Å². The van der Waals surface area contributed by atoms with Crippen molar-refractivity contribution in [3.63, 3.8) is 0 Å². The zero-order valence-electron chi connectivity index (χ0n) is 26.4. The van der Waals surface area contributed by atoms with E-state index in [1.165, 1.54) is 54.8 Å². The topological polar surface area (TPSA) is 8.17 Å². The van der Waals surface area contributed by atoms with Gasteiger partial charge in [0.2, 0.25) is 0 Å². The summed E-state index contributed by atoms with van der Waals surface area (Å²) in [7, 11) is 0. The van der Waals surface area contributed by atoms with E-state index in [9.17, 15) is 0 Å². The first-order valence-electron chi connectivity index (χ1n) is 16.5. The standard InChI is InChI=1S/C46H32N2/c1-4-16-33(17-5-1)39-25-12-13-28-42(39)47(36-20-6-2-7-21-36)38-24-14-19-35(32-38)41-27-15-29-43-46(41)45-40-26-11-10-18-34(40)30-31-44(45)48(43)37-22-8-3-9-23-37/h1-32H. The summed E-state index contributed by atoms with van der Waals surface area (Å²) in [5.74, 6) is 0. The first-order chi connectivity index (χ1) is 23.8. The van der Waals surface area contributed by atoms with Gasteiger partial charge in [0.05, 0.1) is 16.7 Å². The highest BCUT2D eigenvalue weighted by atomic mass is 15.1. The SMILES string of the molecule is c1ccc(-c2ccccc2N(c2ccccc2)c2cccc(-c3cccc4c3c3c5ccccc5ccc3n4-c3ccccc3)c2)cc1. The second-order valence-electron chi connectivity index (χ2n) is 12.2. The quantitative estimate of drug-likeness (QED) is 0.181. The highest BCUT2D eigenvalue weighted by Crippen LogP contribution is 2.45. The minimum atomic E-state index is 1.11. The van der Waals surface area contributed by atoms with E-state index < -0.39 is 0 Å². The van der Waals surface area contributed by atoms with Crippen molar-refractivity contribution in [2.45, 2.75) is 0 Å². The molecule has 0 saturated heterocycles. The Balaban J connectivity index is 1.31.